The molecular weight excluding hydrogens is 334 g/mol. The molecule has 2 aromatic rings. The smallest absolute Gasteiger partial charge is 0.236 e. The number of piperidine rings is 1. The maximum atomic E-state index is 12.4. The Kier molecular flexibility index (Phi) is 5.71. The molecule has 1 saturated heterocycles. The van der Waals surface area contributed by atoms with Crippen LogP contribution in [0.1, 0.15) is 24.5 Å². The Hall–Kier alpha value is -1.91. The van der Waals surface area contributed by atoms with E-state index >= 15 is 0 Å². The third-order valence-electron chi connectivity index (χ3n) is 4.53. The van der Waals surface area contributed by atoms with E-state index in [0.29, 0.717) is 17.5 Å². The lowest BCUT2D eigenvalue weighted by molar-refractivity contribution is -0.133. The number of carbonyl (C=O) groups is 1. The topological polar surface area (TPSA) is 36.4 Å². The Bertz CT molecular complexity index is 747. The fourth-order valence-corrected chi connectivity index (χ4v) is 3.49. The molecule has 0 bridgehead atoms. The number of hydrogen-bond donors (Lipinski definition) is 0. The number of rotatable bonds is 4. The van der Waals surface area contributed by atoms with Gasteiger partial charge in [0, 0.05) is 35.3 Å². The van der Waals surface area contributed by atoms with Crippen LogP contribution in [0.5, 0.6) is 0 Å². The summed E-state index contributed by atoms with van der Waals surface area (Å²) in [6.07, 6.45) is 2.09. The number of aromatic nitrogens is 1. The van der Waals surface area contributed by atoms with Crippen molar-refractivity contribution < 1.29 is 4.79 Å². The van der Waals surface area contributed by atoms with Crippen molar-refractivity contribution in [2.24, 2.45) is 0 Å². The monoisotopic (exact) mass is 357 g/mol. The molecule has 1 aliphatic heterocycles. The Morgan fingerprint density at radius 2 is 2.08 bits per heavy atom. The van der Waals surface area contributed by atoms with E-state index in [1.165, 1.54) is 0 Å². The first-order valence-corrected chi connectivity index (χ1v) is 9.06. The van der Waals surface area contributed by atoms with E-state index < -0.39 is 0 Å². The molecule has 1 aromatic carbocycles. The minimum atomic E-state index is 0.195. The maximum absolute atomic E-state index is 12.4. The van der Waals surface area contributed by atoms with Crippen LogP contribution in [0.4, 0.5) is 0 Å². The molecule has 3 rings (SSSR count). The van der Waals surface area contributed by atoms with Crippen LogP contribution in [-0.2, 0) is 4.79 Å². The first kappa shape index (κ1) is 17.9. The van der Waals surface area contributed by atoms with Gasteiger partial charge in [-0.2, -0.15) is 0 Å². The summed E-state index contributed by atoms with van der Waals surface area (Å²) >= 11 is 6.10. The zero-order chi connectivity index (χ0) is 17.8. The molecule has 0 N–H and O–H groups in total. The number of pyridine rings is 1. The van der Waals surface area contributed by atoms with E-state index in [0.717, 1.165) is 42.9 Å². The average molecular weight is 358 g/mol. The van der Waals surface area contributed by atoms with Crippen molar-refractivity contribution in [3.8, 4) is 11.3 Å². The molecule has 1 aromatic heterocycles. The molecule has 132 valence electrons. The average Bonchev–Trinajstić information content (AvgIpc) is 2.61. The summed E-state index contributed by atoms with van der Waals surface area (Å²) in [5, 5.41) is 0.711. The Balaban J connectivity index is 1.77. The predicted octanol–water partition coefficient (Wildman–Crippen LogP) is 3.67. The molecule has 1 atom stereocenters. The van der Waals surface area contributed by atoms with Crippen molar-refractivity contribution in [2.45, 2.75) is 18.8 Å². The number of halogens is 1. The second-order valence-electron chi connectivity index (χ2n) is 6.87. The first-order valence-electron chi connectivity index (χ1n) is 8.68. The molecule has 0 aliphatic carbocycles. The van der Waals surface area contributed by atoms with Crippen molar-refractivity contribution in [3.63, 3.8) is 0 Å². The highest BCUT2D eigenvalue weighted by molar-refractivity contribution is 6.30. The van der Waals surface area contributed by atoms with Crippen molar-refractivity contribution in [3.05, 3.63) is 53.2 Å². The van der Waals surface area contributed by atoms with Gasteiger partial charge in [0.15, 0.2) is 0 Å². The molecule has 1 aliphatic rings. The molecule has 0 radical (unpaired) electrons. The van der Waals surface area contributed by atoms with Crippen LogP contribution in [0, 0.1) is 0 Å². The predicted molar refractivity (Wildman–Crippen MR) is 102 cm³/mol. The summed E-state index contributed by atoms with van der Waals surface area (Å²) in [5.41, 5.74) is 3.00. The Morgan fingerprint density at radius 3 is 2.84 bits per heavy atom. The van der Waals surface area contributed by atoms with E-state index in [4.69, 9.17) is 16.6 Å². The van der Waals surface area contributed by atoms with Gasteiger partial charge in [0.2, 0.25) is 5.91 Å². The van der Waals surface area contributed by atoms with Gasteiger partial charge >= 0.3 is 0 Å². The van der Waals surface area contributed by atoms with Gasteiger partial charge in [0.1, 0.15) is 0 Å². The third-order valence-corrected chi connectivity index (χ3v) is 4.77. The molecule has 0 spiro atoms. The van der Waals surface area contributed by atoms with E-state index in [9.17, 15) is 4.79 Å². The Labute approximate surface area is 154 Å². The van der Waals surface area contributed by atoms with Gasteiger partial charge in [-0.25, -0.2) is 0 Å². The molecule has 0 saturated carbocycles. The highest BCUT2D eigenvalue weighted by Gasteiger charge is 2.25. The van der Waals surface area contributed by atoms with E-state index in [2.05, 4.69) is 6.07 Å². The maximum Gasteiger partial charge on any atom is 0.236 e. The quantitative estimate of drug-likeness (QED) is 0.837. The van der Waals surface area contributed by atoms with Crippen molar-refractivity contribution >= 4 is 17.5 Å². The van der Waals surface area contributed by atoms with Crippen LogP contribution in [0.25, 0.3) is 11.3 Å². The number of nitrogens with zero attached hydrogens (tertiary/aromatic N) is 3. The van der Waals surface area contributed by atoms with Crippen LogP contribution < -0.4 is 0 Å². The van der Waals surface area contributed by atoms with Crippen molar-refractivity contribution in [1.82, 2.24) is 14.8 Å². The van der Waals surface area contributed by atoms with Gasteiger partial charge in [0.25, 0.3) is 0 Å². The molecule has 1 unspecified atom stereocenters. The molecule has 25 heavy (non-hydrogen) atoms. The zero-order valence-electron chi connectivity index (χ0n) is 14.8. The SMILES string of the molecule is CN(C)CC(=O)N1CCCC(c2cccc(-c3cccc(Cl)c3)n2)C1. The fraction of sp³-hybridized carbons (Fsp3) is 0.400. The lowest BCUT2D eigenvalue weighted by Crippen LogP contribution is -2.43. The van der Waals surface area contributed by atoms with Crippen LogP contribution in [0.3, 0.4) is 0 Å². The van der Waals surface area contributed by atoms with Crippen molar-refractivity contribution in [2.75, 3.05) is 33.7 Å². The van der Waals surface area contributed by atoms with Crippen LogP contribution in [-0.4, -0.2) is 54.4 Å². The zero-order valence-corrected chi connectivity index (χ0v) is 15.5. The minimum Gasteiger partial charge on any atom is -0.341 e. The molecule has 1 amide bonds. The van der Waals surface area contributed by atoms with E-state index in [1.54, 1.807) is 0 Å². The standard InChI is InChI=1S/C20H24ClN3O/c1-23(2)14-20(25)24-11-5-7-16(13-24)19-10-4-9-18(22-19)15-6-3-8-17(21)12-15/h3-4,6,8-10,12,16H,5,7,11,13-14H2,1-2H3. The number of benzene rings is 1. The highest BCUT2D eigenvalue weighted by atomic mass is 35.5. The van der Waals surface area contributed by atoms with Gasteiger partial charge in [-0.15, -0.1) is 0 Å². The molecular formula is C20H24ClN3O. The number of hydrogen-bond acceptors (Lipinski definition) is 3. The second kappa shape index (κ2) is 7.98. The van der Waals surface area contributed by atoms with Gasteiger partial charge in [-0.3, -0.25) is 9.78 Å². The molecule has 4 nitrogen and oxygen atoms in total. The summed E-state index contributed by atoms with van der Waals surface area (Å²) in [6.45, 7) is 2.05. The highest BCUT2D eigenvalue weighted by Crippen LogP contribution is 2.28. The van der Waals surface area contributed by atoms with Gasteiger partial charge < -0.3 is 9.80 Å². The van der Waals surface area contributed by atoms with Gasteiger partial charge in [-0.05, 0) is 51.2 Å². The minimum absolute atomic E-state index is 0.195. The van der Waals surface area contributed by atoms with Crippen molar-refractivity contribution in [1.29, 1.82) is 0 Å². The van der Waals surface area contributed by atoms with Crippen LogP contribution in [0.2, 0.25) is 5.02 Å². The van der Waals surface area contributed by atoms with E-state index in [1.807, 2.05) is 60.3 Å². The largest absolute Gasteiger partial charge is 0.341 e. The number of amides is 1. The van der Waals surface area contributed by atoms with Gasteiger partial charge in [0.05, 0.1) is 12.2 Å². The Morgan fingerprint density at radius 1 is 1.28 bits per heavy atom. The number of likely N-dealkylation sites (N-methyl/N-ethyl adjacent to an activating group) is 1. The summed E-state index contributed by atoms with van der Waals surface area (Å²) in [5.74, 6) is 0.486. The summed E-state index contributed by atoms with van der Waals surface area (Å²) < 4.78 is 0. The van der Waals surface area contributed by atoms with Crippen LogP contribution >= 0.6 is 11.6 Å². The number of likely N-dealkylation sites (tertiary alicyclic amines) is 1. The lowest BCUT2D eigenvalue weighted by Gasteiger charge is -2.33. The van der Waals surface area contributed by atoms with Gasteiger partial charge in [-0.1, -0.05) is 29.8 Å². The summed E-state index contributed by atoms with van der Waals surface area (Å²) in [6, 6.07) is 13.9. The third kappa shape index (κ3) is 4.59. The fourth-order valence-electron chi connectivity index (χ4n) is 3.30. The van der Waals surface area contributed by atoms with Crippen LogP contribution in [0.15, 0.2) is 42.5 Å². The normalized spacial score (nSPS) is 17.8. The number of carbonyl (C=O) groups excluding carboxylic acids is 1. The summed E-state index contributed by atoms with van der Waals surface area (Å²) in [4.78, 5) is 21.1. The van der Waals surface area contributed by atoms with E-state index in [-0.39, 0.29) is 5.91 Å². The second-order valence-corrected chi connectivity index (χ2v) is 7.31. The molecule has 2 heterocycles. The summed E-state index contributed by atoms with van der Waals surface area (Å²) in [7, 11) is 3.85. The molecule has 5 heteroatoms. The molecule has 1 fully saturated rings. The lowest BCUT2D eigenvalue weighted by atomic mass is 9.93. The first-order chi connectivity index (χ1) is 12.0.